The minimum atomic E-state index is -0.949. The number of rotatable bonds is 5. The summed E-state index contributed by atoms with van der Waals surface area (Å²) >= 11 is 1.45. The van der Waals surface area contributed by atoms with Crippen LogP contribution < -0.4 is 5.32 Å². The molecule has 1 heterocycles. The van der Waals surface area contributed by atoms with Crippen LogP contribution in [0.4, 0.5) is 0 Å². The van der Waals surface area contributed by atoms with E-state index in [1.165, 1.54) is 16.9 Å². The van der Waals surface area contributed by atoms with E-state index in [0.717, 1.165) is 11.3 Å². The van der Waals surface area contributed by atoms with Crippen LogP contribution in [-0.2, 0) is 11.2 Å². The van der Waals surface area contributed by atoms with Crippen molar-refractivity contribution in [2.45, 2.75) is 34.1 Å². The Morgan fingerprint density at radius 1 is 1.44 bits per heavy atom. The number of thiophene rings is 1. The van der Waals surface area contributed by atoms with Gasteiger partial charge in [-0.3, -0.25) is 9.59 Å². The van der Waals surface area contributed by atoms with Crippen LogP contribution in [0.5, 0.6) is 0 Å². The Bertz CT molecular complexity index is 463. The van der Waals surface area contributed by atoms with Gasteiger partial charge < -0.3 is 10.4 Å². The summed E-state index contributed by atoms with van der Waals surface area (Å²) in [6, 6.07) is 1.88. The molecule has 1 rings (SSSR count). The molecule has 0 fully saturated rings. The Hall–Kier alpha value is -1.36. The molecule has 18 heavy (non-hydrogen) atoms. The van der Waals surface area contributed by atoms with Gasteiger partial charge in [-0.1, -0.05) is 6.92 Å². The predicted octanol–water partition coefficient (Wildman–Crippen LogP) is 2.46. The number of hydrogen-bond donors (Lipinski definition) is 2. The summed E-state index contributed by atoms with van der Waals surface area (Å²) in [5, 5.41) is 11.6. The normalized spacial score (nSPS) is 11.3. The maximum absolute atomic E-state index is 11.9. The van der Waals surface area contributed by atoms with E-state index in [1.807, 2.05) is 19.9 Å². The standard InChI is InChI=1S/C13H19NO3S/c1-5-9-6-10(18-8(9)2)11(15)14-7-13(3,4)12(16)17/h6H,5,7H2,1-4H3,(H,14,15)(H,16,17). The molecule has 0 aliphatic rings. The van der Waals surface area contributed by atoms with Gasteiger partial charge in [0.05, 0.1) is 10.3 Å². The highest BCUT2D eigenvalue weighted by Gasteiger charge is 2.27. The first-order valence-corrected chi connectivity index (χ1v) is 6.70. The molecule has 100 valence electrons. The lowest BCUT2D eigenvalue weighted by atomic mass is 9.94. The fourth-order valence-corrected chi connectivity index (χ4v) is 2.48. The number of aryl methyl sites for hydroxylation is 2. The first-order chi connectivity index (χ1) is 8.27. The molecule has 2 N–H and O–H groups in total. The Morgan fingerprint density at radius 2 is 2.06 bits per heavy atom. The van der Waals surface area contributed by atoms with Gasteiger partial charge in [-0.25, -0.2) is 0 Å². The van der Waals surface area contributed by atoms with Gasteiger partial charge in [-0.15, -0.1) is 11.3 Å². The third kappa shape index (κ3) is 3.32. The number of carboxylic acid groups (broad SMARTS) is 1. The van der Waals surface area contributed by atoms with E-state index in [0.29, 0.717) is 4.88 Å². The Labute approximate surface area is 111 Å². The van der Waals surface area contributed by atoms with Gasteiger partial charge >= 0.3 is 5.97 Å². The summed E-state index contributed by atoms with van der Waals surface area (Å²) in [7, 11) is 0. The van der Waals surface area contributed by atoms with Crippen LogP contribution >= 0.6 is 11.3 Å². The highest BCUT2D eigenvalue weighted by Crippen LogP contribution is 2.22. The molecule has 4 nitrogen and oxygen atoms in total. The topological polar surface area (TPSA) is 66.4 Å². The van der Waals surface area contributed by atoms with Crippen LogP contribution in [0.3, 0.4) is 0 Å². The maximum Gasteiger partial charge on any atom is 0.310 e. The van der Waals surface area contributed by atoms with Gasteiger partial charge in [-0.05, 0) is 38.8 Å². The zero-order valence-corrected chi connectivity index (χ0v) is 12.0. The summed E-state index contributed by atoms with van der Waals surface area (Å²) in [5.41, 5.74) is 0.220. The molecule has 0 aromatic carbocycles. The molecule has 0 atom stereocenters. The Kier molecular flexibility index (Phi) is 4.51. The molecule has 0 saturated carbocycles. The molecule has 0 unspecified atom stereocenters. The van der Waals surface area contributed by atoms with Crippen LogP contribution in [0.15, 0.2) is 6.07 Å². The zero-order valence-electron chi connectivity index (χ0n) is 11.2. The summed E-state index contributed by atoms with van der Waals surface area (Å²) < 4.78 is 0. The number of carboxylic acids is 1. The fraction of sp³-hybridized carbons (Fsp3) is 0.538. The van der Waals surface area contributed by atoms with Crippen molar-refractivity contribution in [3.05, 3.63) is 21.4 Å². The molecule has 1 amide bonds. The Morgan fingerprint density at radius 3 is 2.50 bits per heavy atom. The van der Waals surface area contributed by atoms with Gasteiger partial charge in [0.25, 0.3) is 5.91 Å². The summed E-state index contributed by atoms with van der Waals surface area (Å²) in [6.07, 6.45) is 0.899. The summed E-state index contributed by atoms with van der Waals surface area (Å²) in [4.78, 5) is 24.6. The van der Waals surface area contributed by atoms with Crippen molar-refractivity contribution < 1.29 is 14.7 Å². The number of hydrogen-bond acceptors (Lipinski definition) is 3. The average Bonchev–Trinajstić information content (AvgIpc) is 2.67. The van der Waals surface area contributed by atoms with Crippen molar-refractivity contribution in [3.8, 4) is 0 Å². The molecule has 0 aliphatic heterocycles. The van der Waals surface area contributed by atoms with E-state index in [-0.39, 0.29) is 12.5 Å². The van der Waals surface area contributed by atoms with E-state index in [9.17, 15) is 9.59 Å². The highest BCUT2D eigenvalue weighted by molar-refractivity contribution is 7.14. The van der Waals surface area contributed by atoms with E-state index in [4.69, 9.17) is 5.11 Å². The van der Waals surface area contributed by atoms with Gasteiger partial charge in [-0.2, -0.15) is 0 Å². The van der Waals surface area contributed by atoms with Crippen LogP contribution in [0.2, 0.25) is 0 Å². The zero-order chi connectivity index (χ0) is 13.9. The van der Waals surface area contributed by atoms with Gasteiger partial charge in [0.2, 0.25) is 0 Å². The van der Waals surface area contributed by atoms with Crippen molar-refractivity contribution in [3.63, 3.8) is 0 Å². The number of carbonyl (C=O) groups is 2. The monoisotopic (exact) mass is 269 g/mol. The van der Waals surface area contributed by atoms with Crippen LogP contribution in [0.25, 0.3) is 0 Å². The van der Waals surface area contributed by atoms with Crippen molar-refractivity contribution in [2.75, 3.05) is 6.54 Å². The Balaban J connectivity index is 2.69. The minimum absolute atomic E-state index is 0.125. The summed E-state index contributed by atoms with van der Waals surface area (Å²) in [6.45, 7) is 7.34. The molecule has 0 bridgehead atoms. The SMILES string of the molecule is CCc1cc(C(=O)NCC(C)(C)C(=O)O)sc1C. The second-order valence-corrected chi connectivity index (χ2v) is 6.17. The second-order valence-electron chi connectivity index (χ2n) is 4.92. The third-order valence-electron chi connectivity index (χ3n) is 2.90. The lowest BCUT2D eigenvalue weighted by molar-refractivity contribution is -0.146. The number of nitrogens with one attached hydrogen (secondary N) is 1. The van der Waals surface area contributed by atoms with Crippen molar-refractivity contribution >= 4 is 23.2 Å². The minimum Gasteiger partial charge on any atom is -0.481 e. The largest absolute Gasteiger partial charge is 0.481 e. The lowest BCUT2D eigenvalue weighted by Gasteiger charge is -2.19. The van der Waals surface area contributed by atoms with Crippen molar-refractivity contribution in [2.24, 2.45) is 5.41 Å². The van der Waals surface area contributed by atoms with E-state index in [1.54, 1.807) is 13.8 Å². The predicted molar refractivity (Wildman–Crippen MR) is 72.2 cm³/mol. The van der Waals surface area contributed by atoms with E-state index < -0.39 is 11.4 Å². The number of amides is 1. The average molecular weight is 269 g/mol. The van der Waals surface area contributed by atoms with Gasteiger partial charge in [0, 0.05) is 11.4 Å². The smallest absolute Gasteiger partial charge is 0.310 e. The molecule has 0 aliphatic carbocycles. The fourth-order valence-electron chi connectivity index (χ4n) is 1.45. The van der Waals surface area contributed by atoms with E-state index >= 15 is 0 Å². The molecular weight excluding hydrogens is 250 g/mol. The van der Waals surface area contributed by atoms with Gasteiger partial charge in [0.15, 0.2) is 0 Å². The first-order valence-electron chi connectivity index (χ1n) is 5.89. The molecule has 1 aromatic rings. The lowest BCUT2D eigenvalue weighted by Crippen LogP contribution is -2.38. The first kappa shape index (κ1) is 14.7. The number of carbonyl (C=O) groups excluding carboxylic acids is 1. The molecule has 5 heteroatoms. The second kappa shape index (κ2) is 5.52. The summed E-state index contributed by atoms with van der Waals surface area (Å²) in [5.74, 6) is -1.11. The van der Waals surface area contributed by atoms with Crippen molar-refractivity contribution in [1.29, 1.82) is 0 Å². The van der Waals surface area contributed by atoms with Crippen LogP contribution in [0, 0.1) is 12.3 Å². The van der Waals surface area contributed by atoms with Crippen molar-refractivity contribution in [1.82, 2.24) is 5.32 Å². The maximum atomic E-state index is 11.9. The number of aliphatic carboxylic acids is 1. The molecule has 0 saturated heterocycles. The third-order valence-corrected chi connectivity index (χ3v) is 3.99. The molecule has 1 aromatic heterocycles. The van der Waals surface area contributed by atoms with E-state index in [2.05, 4.69) is 5.32 Å². The highest BCUT2D eigenvalue weighted by atomic mass is 32.1. The van der Waals surface area contributed by atoms with Gasteiger partial charge in [0.1, 0.15) is 0 Å². The van der Waals surface area contributed by atoms with Crippen LogP contribution in [0.1, 0.15) is 40.9 Å². The van der Waals surface area contributed by atoms with Crippen LogP contribution in [-0.4, -0.2) is 23.5 Å². The molecule has 0 spiro atoms. The molecular formula is C13H19NO3S. The molecule has 0 radical (unpaired) electrons. The quantitative estimate of drug-likeness (QED) is 0.863.